The second-order valence-corrected chi connectivity index (χ2v) is 5.72. The first kappa shape index (κ1) is 18.6. The van der Waals surface area contributed by atoms with Gasteiger partial charge < -0.3 is 10.1 Å². The van der Waals surface area contributed by atoms with Crippen LogP contribution in [-0.2, 0) is 17.9 Å². The van der Waals surface area contributed by atoms with Crippen LogP contribution < -0.4 is 5.32 Å². The molecule has 6 heteroatoms. The summed E-state index contributed by atoms with van der Waals surface area (Å²) in [4.78, 5) is 22.2. The van der Waals surface area contributed by atoms with Crippen LogP contribution in [0.5, 0.6) is 0 Å². The Morgan fingerprint density at radius 1 is 1.20 bits per heavy atom. The van der Waals surface area contributed by atoms with Crippen molar-refractivity contribution in [2.24, 2.45) is 0 Å². The van der Waals surface area contributed by atoms with Crippen molar-refractivity contribution < 1.29 is 14.5 Å². The molecule has 2 aromatic carbocycles. The molecule has 0 saturated carbocycles. The number of anilines is 1. The van der Waals surface area contributed by atoms with Crippen LogP contribution in [0.4, 0.5) is 11.4 Å². The standard InChI is InChI=1S/C19H22N2O4/c1-3-10-25-13-17-7-5-4-6-16(17)12-20-18-9-8-15(14(2)22)11-19(18)21(23)24/h4-9,11,20H,3,10,12-13H2,1-2H3. The van der Waals surface area contributed by atoms with Gasteiger partial charge in [0.15, 0.2) is 5.78 Å². The van der Waals surface area contributed by atoms with Crippen LogP contribution in [0.1, 0.15) is 41.8 Å². The summed E-state index contributed by atoms with van der Waals surface area (Å²) in [6.45, 7) is 5.08. The largest absolute Gasteiger partial charge is 0.377 e. The van der Waals surface area contributed by atoms with Crippen LogP contribution in [0.2, 0.25) is 0 Å². The zero-order chi connectivity index (χ0) is 18.2. The van der Waals surface area contributed by atoms with E-state index in [2.05, 4.69) is 12.2 Å². The van der Waals surface area contributed by atoms with Gasteiger partial charge in [0.05, 0.1) is 11.5 Å². The van der Waals surface area contributed by atoms with Crippen LogP contribution >= 0.6 is 0 Å². The molecule has 0 amide bonds. The number of nitrogens with one attached hydrogen (secondary N) is 1. The van der Waals surface area contributed by atoms with Crippen LogP contribution in [0.15, 0.2) is 42.5 Å². The third-order valence-electron chi connectivity index (χ3n) is 3.79. The molecule has 1 N–H and O–H groups in total. The molecule has 6 nitrogen and oxygen atoms in total. The summed E-state index contributed by atoms with van der Waals surface area (Å²) in [5.41, 5.74) is 2.67. The fourth-order valence-electron chi connectivity index (χ4n) is 2.44. The van der Waals surface area contributed by atoms with Gasteiger partial charge in [-0.2, -0.15) is 0 Å². The molecule has 0 saturated heterocycles. The molecule has 0 fully saturated rings. The highest BCUT2D eigenvalue weighted by Gasteiger charge is 2.16. The normalized spacial score (nSPS) is 10.5. The van der Waals surface area contributed by atoms with Crippen molar-refractivity contribution in [3.63, 3.8) is 0 Å². The number of hydrogen-bond donors (Lipinski definition) is 1. The van der Waals surface area contributed by atoms with E-state index in [4.69, 9.17) is 4.74 Å². The molecule has 0 spiro atoms. The first-order valence-electron chi connectivity index (χ1n) is 8.20. The van der Waals surface area contributed by atoms with Gasteiger partial charge in [0.2, 0.25) is 0 Å². The molecular weight excluding hydrogens is 320 g/mol. The van der Waals surface area contributed by atoms with Crippen LogP contribution in [0.25, 0.3) is 0 Å². The molecule has 0 aliphatic heterocycles. The Hall–Kier alpha value is -2.73. The Morgan fingerprint density at radius 2 is 1.92 bits per heavy atom. The number of benzene rings is 2. The van der Waals surface area contributed by atoms with E-state index in [0.717, 1.165) is 17.5 Å². The number of nitrogens with zero attached hydrogens (tertiary/aromatic N) is 1. The molecule has 2 rings (SSSR count). The molecule has 0 aromatic heterocycles. The lowest BCUT2D eigenvalue weighted by molar-refractivity contribution is -0.384. The molecule has 0 unspecified atom stereocenters. The maximum Gasteiger partial charge on any atom is 0.293 e. The van der Waals surface area contributed by atoms with Gasteiger partial charge in [0.25, 0.3) is 5.69 Å². The van der Waals surface area contributed by atoms with E-state index in [-0.39, 0.29) is 11.5 Å². The predicted molar refractivity (Wildman–Crippen MR) is 96.8 cm³/mol. The monoisotopic (exact) mass is 342 g/mol. The number of hydrogen-bond acceptors (Lipinski definition) is 5. The Balaban J connectivity index is 2.16. The number of ketones is 1. The lowest BCUT2D eigenvalue weighted by atomic mass is 10.1. The van der Waals surface area contributed by atoms with E-state index >= 15 is 0 Å². The van der Waals surface area contributed by atoms with Gasteiger partial charge in [-0.25, -0.2) is 0 Å². The molecule has 132 valence electrons. The van der Waals surface area contributed by atoms with Crippen molar-refractivity contribution in [2.75, 3.05) is 11.9 Å². The average molecular weight is 342 g/mol. The summed E-state index contributed by atoms with van der Waals surface area (Å²) in [6.07, 6.45) is 0.953. The Labute approximate surface area is 147 Å². The van der Waals surface area contributed by atoms with Crippen molar-refractivity contribution in [1.29, 1.82) is 0 Å². The quantitative estimate of drug-likeness (QED) is 0.317. The minimum atomic E-state index is -0.481. The van der Waals surface area contributed by atoms with E-state index in [9.17, 15) is 14.9 Å². The minimum absolute atomic E-state index is 0.104. The summed E-state index contributed by atoms with van der Waals surface area (Å²) in [7, 11) is 0. The fraction of sp³-hybridized carbons (Fsp3) is 0.316. The Kier molecular flexibility index (Phi) is 6.65. The van der Waals surface area contributed by atoms with E-state index in [1.165, 1.54) is 13.0 Å². The van der Waals surface area contributed by atoms with Gasteiger partial charge in [-0.1, -0.05) is 31.2 Å². The molecule has 2 aromatic rings. The SMILES string of the molecule is CCCOCc1ccccc1CNc1ccc(C(C)=O)cc1[N+](=O)[O-]. The van der Waals surface area contributed by atoms with E-state index < -0.39 is 4.92 Å². The van der Waals surface area contributed by atoms with Gasteiger partial charge in [-0.15, -0.1) is 0 Å². The fourth-order valence-corrected chi connectivity index (χ4v) is 2.44. The number of nitro groups is 1. The smallest absolute Gasteiger partial charge is 0.293 e. The molecular formula is C19H22N2O4. The number of Topliss-reactive ketones (excluding diaryl/α,β-unsaturated/α-hetero) is 1. The lowest BCUT2D eigenvalue weighted by Gasteiger charge is -2.12. The average Bonchev–Trinajstić information content (AvgIpc) is 2.60. The Bertz CT molecular complexity index is 759. The van der Waals surface area contributed by atoms with Crippen molar-refractivity contribution in [2.45, 2.75) is 33.4 Å². The van der Waals surface area contributed by atoms with Crippen molar-refractivity contribution >= 4 is 17.2 Å². The van der Waals surface area contributed by atoms with Crippen molar-refractivity contribution in [3.8, 4) is 0 Å². The van der Waals surface area contributed by atoms with Crippen molar-refractivity contribution in [3.05, 3.63) is 69.3 Å². The van der Waals surface area contributed by atoms with Gasteiger partial charge >= 0.3 is 0 Å². The Morgan fingerprint density at radius 3 is 2.56 bits per heavy atom. The molecule has 0 aliphatic carbocycles. The second kappa shape index (κ2) is 8.94. The van der Waals surface area contributed by atoms with Crippen LogP contribution in [0.3, 0.4) is 0 Å². The van der Waals surface area contributed by atoms with Gasteiger partial charge in [0.1, 0.15) is 5.69 Å². The maximum absolute atomic E-state index is 11.4. The van der Waals surface area contributed by atoms with E-state index in [0.29, 0.717) is 31.0 Å². The van der Waals surface area contributed by atoms with Crippen molar-refractivity contribution in [1.82, 2.24) is 0 Å². The topological polar surface area (TPSA) is 81.5 Å². The molecule has 0 radical (unpaired) electrons. The molecule has 0 atom stereocenters. The molecule has 0 bridgehead atoms. The zero-order valence-electron chi connectivity index (χ0n) is 14.5. The minimum Gasteiger partial charge on any atom is -0.377 e. The summed E-state index contributed by atoms with van der Waals surface area (Å²) in [5, 5.41) is 14.4. The van der Waals surface area contributed by atoms with Crippen LogP contribution in [-0.4, -0.2) is 17.3 Å². The van der Waals surface area contributed by atoms with Gasteiger partial charge in [0, 0.05) is 24.8 Å². The highest BCUT2D eigenvalue weighted by molar-refractivity contribution is 5.95. The number of nitro benzene ring substituents is 1. The number of rotatable bonds is 9. The molecule has 25 heavy (non-hydrogen) atoms. The number of ether oxygens (including phenoxy) is 1. The predicted octanol–water partition coefficient (Wildman–Crippen LogP) is 4.34. The lowest BCUT2D eigenvalue weighted by Crippen LogP contribution is -2.07. The maximum atomic E-state index is 11.4. The first-order valence-corrected chi connectivity index (χ1v) is 8.20. The highest BCUT2D eigenvalue weighted by atomic mass is 16.6. The van der Waals surface area contributed by atoms with Gasteiger partial charge in [-0.05, 0) is 36.6 Å². The summed E-state index contributed by atoms with van der Waals surface area (Å²) >= 11 is 0. The molecule has 0 aliphatic rings. The van der Waals surface area contributed by atoms with E-state index in [1.807, 2.05) is 24.3 Å². The summed E-state index contributed by atoms with van der Waals surface area (Å²) < 4.78 is 5.59. The third-order valence-corrected chi connectivity index (χ3v) is 3.79. The summed E-state index contributed by atoms with van der Waals surface area (Å²) in [5.74, 6) is -0.201. The highest BCUT2D eigenvalue weighted by Crippen LogP contribution is 2.26. The first-order chi connectivity index (χ1) is 12.0. The molecule has 0 heterocycles. The summed E-state index contributed by atoms with van der Waals surface area (Å²) in [6, 6.07) is 12.3. The van der Waals surface area contributed by atoms with Gasteiger partial charge in [-0.3, -0.25) is 14.9 Å². The second-order valence-electron chi connectivity index (χ2n) is 5.72. The third kappa shape index (κ3) is 5.12. The number of carbonyl (C=O) groups excluding carboxylic acids is 1. The number of carbonyl (C=O) groups is 1. The van der Waals surface area contributed by atoms with E-state index in [1.54, 1.807) is 12.1 Å². The van der Waals surface area contributed by atoms with Crippen LogP contribution in [0, 0.1) is 10.1 Å². The zero-order valence-corrected chi connectivity index (χ0v) is 14.5.